The van der Waals surface area contributed by atoms with Crippen molar-refractivity contribution >= 4 is 76.4 Å². The molecule has 0 radical (unpaired) electrons. The van der Waals surface area contributed by atoms with Crippen LogP contribution < -0.4 is 68.2 Å². The number of benzene rings is 5. The van der Waals surface area contributed by atoms with Crippen LogP contribution >= 0.6 is 23.2 Å². The molecule has 0 saturated carbocycles. The number of phenolic OH excluding ortho intramolecular Hbond substituents is 3. The number of halogens is 5. The van der Waals surface area contributed by atoms with Gasteiger partial charge in [-0.05, 0) is 110 Å². The van der Waals surface area contributed by atoms with Gasteiger partial charge in [0, 0.05) is 41.3 Å². The highest BCUT2D eigenvalue weighted by atomic mass is 35.5. The summed E-state index contributed by atoms with van der Waals surface area (Å²) in [5.74, 6) is -19.9. The third-order valence-corrected chi connectivity index (χ3v) is 18.9. The second-order valence-corrected chi connectivity index (χ2v) is 27.6. The quantitative estimate of drug-likeness (QED) is 0.0731. The molecule has 2 fully saturated rings. The van der Waals surface area contributed by atoms with Crippen LogP contribution in [0.3, 0.4) is 0 Å². The average molecular weight is 1540 g/mol. The fraction of sp³-hybridized carbons (Fsp3) is 0.426. The lowest BCUT2D eigenvalue weighted by atomic mass is 9.86. The molecule has 7 aliphatic heterocycles. The maximum Gasteiger partial charge on any atom is 0.471 e. The summed E-state index contributed by atoms with van der Waals surface area (Å²) in [7, 11) is 1.44. The Kier molecular flexibility index (Phi) is 23.7. The molecular formula is C68H75Cl2F3N10O24. The Morgan fingerprint density at radius 1 is 0.720 bits per heavy atom. The third-order valence-electron chi connectivity index (χ3n) is 18.3. The zero-order valence-corrected chi connectivity index (χ0v) is 58.4. The van der Waals surface area contributed by atoms with Crippen LogP contribution in [0.5, 0.6) is 46.0 Å². The van der Waals surface area contributed by atoms with E-state index in [1.807, 2.05) is 0 Å². The molecule has 5 aromatic carbocycles. The first kappa shape index (κ1) is 79.7. The summed E-state index contributed by atoms with van der Waals surface area (Å²) in [5.41, 5.74) is 7.39. The molecule has 18 atom stereocenters. The lowest BCUT2D eigenvalue weighted by molar-refractivity contribution is -0.330. The van der Waals surface area contributed by atoms with Crippen LogP contribution in [0.2, 0.25) is 10.0 Å². The van der Waals surface area contributed by atoms with E-state index < -0.39 is 265 Å². The molecule has 8 amide bonds. The van der Waals surface area contributed by atoms with Gasteiger partial charge < -0.3 is 128 Å². The van der Waals surface area contributed by atoms with E-state index in [0.717, 1.165) is 78.9 Å². The highest BCUT2D eigenvalue weighted by molar-refractivity contribution is 6.32. The van der Waals surface area contributed by atoms with Gasteiger partial charge >= 0.3 is 18.1 Å². The van der Waals surface area contributed by atoms with E-state index in [1.165, 1.54) is 20.9 Å². The summed E-state index contributed by atoms with van der Waals surface area (Å²) < 4.78 is 79.4. The lowest BCUT2D eigenvalue weighted by Crippen LogP contribution is -2.65. The minimum absolute atomic E-state index is 0.139. The number of carbonyl (C=O) groups is 9. The Balaban J connectivity index is 1.25. The van der Waals surface area contributed by atoms with E-state index in [0.29, 0.717) is 0 Å². The Bertz CT molecular complexity index is 4330. The zero-order chi connectivity index (χ0) is 78.3. The molecule has 2 saturated heterocycles. The molecule has 21 N–H and O–H groups in total. The third kappa shape index (κ3) is 17.4. The zero-order valence-electron chi connectivity index (χ0n) is 56.9. The molecule has 0 spiro atoms. The van der Waals surface area contributed by atoms with E-state index in [9.17, 15) is 87.9 Å². The van der Waals surface area contributed by atoms with Gasteiger partial charge in [-0.2, -0.15) is 13.2 Å². The minimum atomic E-state index is -5.51. The van der Waals surface area contributed by atoms with Crippen molar-refractivity contribution in [1.82, 2.24) is 42.5 Å². The number of phenols is 3. The van der Waals surface area contributed by atoms with Crippen LogP contribution in [0.1, 0.15) is 105 Å². The van der Waals surface area contributed by atoms with Gasteiger partial charge in [0.1, 0.15) is 89.5 Å². The van der Waals surface area contributed by atoms with Crippen molar-refractivity contribution in [3.05, 3.63) is 117 Å². The molecule has 107 heavy (non-hydrogen) atoms. The largest absolute Gasteiger partial charge is 0.508 e. The van der Waals surface area contributed by atoms with Gasteiger partial charge in [-0.3, -0.25) is 38.4 Å². The van der Waals surface area contributed by atoms with Crippen molar-refractivity contribution in [1.29, 1.82) is 0 Å². The number of hydrogen-bond donors (Lipinski definition) is 19. The number of ether oxygens (including phenoxy) is 6. The van der Waals surface area contributed by atoms with Crippen molar-refractivity contribution in [3.8, 4) is 57.1 Å². The summed E-state index contributed by atoms with van der Waals surface area (Å²) in [6.45, 7) is 5.17. The molecule has 34 nitrogen and oxygen atoms in total. The van der Waals surface area contributed by atoms with Crippen LogP contribution in [-0.2, 0) is 57.4 Å². The topological polar surface area (TPSA) is 539 Å². The second-order valence-electron chi connectivity index (χ2n) is 26.7. The number of aromatic hydroxyl groups is 3. The number of rotatable bonds is 14. The van der Waals surface area contributed by atoms with Crippen molar-refractivity contribution in [2.45, 2.75) is 162 Å². The Morgan fingerprint density at radius 2 is 1.32 bits per heavy atom. The predicted molar refractivity (Wildman–Crippen MR) is 361 cm³/mol. The van der Waals surface area contributed by atoms with Crippen LogP contribution in [0.15, 0.2) is 78.9 Å². The van der Waals surface area contributed by atoms with Crippen LogP contribution in [0.4, 0.5) is 13.2 Å². The van der Waals surface area contributed by atoms with Gasteiger partial charge in [0.05, 0.1) is 34.7 Å². The first-order valence-electron chi connectivity index (χ1n) is 32.9. The maximum atomic E-state index is 16.1. The van der Waals surface area contributed by atoms with Gasteiger partial charge in [-0.15, -0.1) is 0 Å². The van der Waals surface area contributed by atoms with Gasteiger partial charge in [0.15, 0.2) is 29.9 Å². The van der Waals surface area contributed by atoms with Crippen LogP contribution in [0.25, 0.3) is 11.1 Å². The maximum absolute atomic E-state index is 16.1. The van der Waals surface area contributed by atoms with Gasteiger partial charge in [-0.25, -0.2) is 4.79 Å². The molecule has 576 valence electrons. The first-order valence-corrected chi connectivity index (χ1v) is 33.7. The molecule has 9 unspecified atom stereocenters. The van der Waals surface area contributed by atoms with Gasteiger partial charge in [-0.1, -0.05) is 55.2 Å². The number of amides is 8. The van der Waals surface area contributed by atoms with E-state index in [1.54, 1.807) is 19.2 Å². The SMILES string of the molecule is CN[C@@H](CC(C)C)C(=O)N[C@H]1C(=O)N[C@@H](CC(N)=O)C(=O)N[C@H]2C(=O)N[C@H]3C(=O)N[C@H](C(=O)N[C@@H](C(=O)O)c4cc(O)cc(O)c4-c4cc3ccc4O)[C@H](O)c3ccc(c(Cl)c3)Oc3cc2cc(c3OC2OC(CNC(=O)C(F)(F)F)C(O)C(O)C2OC2CC(C)(N)C(O)C(C)O2)Oc2ccc(cc2Cl)[C@H]1O. The summed E-state index contributed by atoms with van der Waals surface area (Å²) >= 11 is 14.1. The van der Waals surface area contributed by atoms with Crippen molar-refractivity contribution in [2.75, 3.05) is 13.6 Å². The Labute approximate surface area is 614 Å². The number of nitrogens with two attached hydrogens (primary N) is 2. The van der Waals surface area contributed by atoms with Crippen LogP contribution in [-0.4, -0.2) is 198 Å². The fourth-order valence-corrected chi connectivity index (χ4v) is 13.3. The summed E-state index contributed by atoms with van der Waals surface area (Å²) in [6, 6.07) is -2.08. The average Bonchev–Trinajstić information content (AvgIpc) is 0.771. The predicted octanol–water partition coefficient (Wildman–Crippen LogP) is 0.792. The highest BCUT2D eigenvalue weighted by Crippen LogP contribution is 2.50. The number of hydrogen-bond acceptors (Lipinski definition) is 25. The number of aliphatic carboxylic acids is 1. The number of primary amides is 1. The molecule has 11 bridgehead atoms. The van der Waals surface area contributed by atoms with Gasteiger partial charge in [0.25, 0.3) is 0 Å². The molecule has 7 aliphatic rings. The number of nitrogens with one attached hydrogen (secondary N) is 8. The number of carboxylic acid groups (broad SMARTS) is 1. The van der Waals surface area contributed by atoms with E-state index >= 15 is 14.4 Å². The van der Waals surface area contributed by atoms with Crippen molar-refractivity contribution in [2.24, 2.45) is 17.4 Å². The number of fused-ring (bicyclic) bond motifs is 15. The van der Waals surface area contributed by atoms with Gasteiger partial charge in [0.2, 0.25) is 53.4 Å². The van der Waals surface area contributed by atoms with E-state index in [2.05, 4.69) is 37.2 Å². The highest BCUT2D eigenvalue weighted by Gasteiger charge is 2.52. The summed E-state index contributed by atoms with van der Waals surface area (Å²) in [4.78, 5) is 129. The van der Waals surface area contributed by atoms with Crippen LogP contribution in [0, 0.1) is 5.92 Å². The number of carboxylic acids is 1. The number of likely N-dealkylation sites (N-methyl/N-ethyl adjacent to an activating group) is 1. The Morgan fingerprint density at radius 3 is 1.90 bits per heavy atom. The molecule has 0 aliphatic carbocycles. The number of aliphatic hydroxyl groups is 5. The fourth-order valence-electron chi connectivity index (χ4n) is 12.8. The molecule has 7 heterocycles. The minimum Gasteiger partial charge on any atom is -0.508 e. The monoisotopic (exact) mass is 1540 g/mol. The summed E-state index contributed by atoms with van der Waals surface area (Å²) in [6.07, 6.45) is -26.5. The Hall–Kier alpha value is -9.90. The molecule has 39 heteroatoms. The van der Waals surface area contributed by atoms with Crippen molar-refractivity contribution < 1.29 is 131 Å². The van der Waals surface area contributed by atoms with Crippen molar-refractivity contribution in [3.63, 3.8) is 0 Å². The standard InChI is InChI=1S/C68H75Cl2F3N10O24/c1-23(2)12-34(76-5)58(93)82-49-51(88)26-7-10-38(32(69)14-26)103-40-16-28-17-41(55(40)107-65-56(106-44-21-67(4,75)57(92)24(3)102-44)54(91)53(90)42(105-65)22-77-66(101)68(71,72)73)104-39-11-8-27(15-33(39)70)52(89)50-63(98)81-48(64(99)100)31-18-29(84)19-37(86)45(31)30-13-25(6-9-36(30)85)46(60(95)83-50)80-61(96)47(28)79-59(94)35(20-43(74)87)78-62(49)97/h6-11,13-19,23-24,34-35,42,44,46-54,56-57,65,76,84-86,88-92H,12,20-22,75H2,1-5H3,(H2,74,87)(H,77,101)(H,78,97)(H,79,94)(H,80,96)(H,81,98)(H,82,93)(H,83,95)(H,99,100)/t24?,34-,35-,42?,44?,46+,47+,48+,49+,50-,51+,52+,53?,54?,56?,57?,65?,67?/m0/s1. The number of alkyl halides is 3. The number of aliphatic hydroxyl groups excluding tert-OH is 5. The second kappa shape index (κ2) is 31.9. The smallest absolute Gasteiger partial charge is 0.471 e. The molecule has 12 rings (SSSR count). The lowest BCUT2D eigenvalue weighted by Gasteiger charge is -2.47. The molecule has 5 aromatic rings. The first-order chi connectivity index (χ1) is 50.2. The molecular weight excluding hydrogens is 1470 g/mol. The van der Waals surface area contributed by atoms with E-state index in [4.69, 9.17) is 63.1 Å². The normalized spacial score (nSPS) is 28.6. The molecule has 0 aromatic heterocycles. The summed E-state index contributed by atoms with van der Waals surface area (Å²) in [5, 5.41) is 122. The number of carbonyl (C=O) groups excluding carboxylic acids is 8. The van der Waals surface area contributed by atoms with E-state index in [-0.39, 0.29) is 29.9 Å².